The topological polar surface area (TPSA) is 71.5 Å². The van der Waals surface area contributed by atoms with Crippen molar-refractivity contribution in [1.82, 2.24) is 15.2 Å². The van der Waals surface area contributed by atoms with Gasteiger partial charge in [-0.15, -0.1) is 11.3 Å². The normalized spacial score (nSPS) is 14.9. The Hall–Kier alpha value is -1.63. The molecule has 2 rings (SSSR count). The van der Waals surface area contributed by atoms with Crippen LogP contribution in [0.1, 0.15) is 15.5 Å². The van der Waals surface area contributed by atoms with Crippen molar-refractivity contribution in [3.63, 3.8) is 0 Å². The van der Waals surface area contributed by atoms with Gasteiger partial charge in [0.15, 0.2) is 0 Å². The van der Waals surface area contributed by atoms with Gasteiger partial charge in [0.05, 0.1) is 11.6 Å². The average molecular weight is 255 g/mol. The highest BCUT2D eigenvalue weighted by atomic mass is 32.1. The van der Waals surface area contributed by atoms with Crippen molar-refractivity contribution in [3.8, 4) is 0 Å². The first-order valence-electron chi connectivity index (χ1n) is 5.29. The van der Waals surface area contributed by atoms with E-state index in [0.29, 0.717) is 31.9 Å². The van der Waals surface area contributed by atoms with E-state index in [2.05, 4.69) is 10.3 Å². The van der Waals surface area contributed by atoms with Gasteiger partial charge in [0.1, 0.15) is 12.3 Å². The Morgan fingerprint density at radius 2 is 2.53 bits per heavy atom. The minimum absolute atomic E-state index is 0.207. The van der Waals surface area contributed by atoms with Crippen LogP contribution in [0.5, 0.6) is 0 Å². The molecule has 1 aliphatic rings. The van der Waals surface area contributed by atoms with Crippen LogP contribution in [0.3, 0.4) is 0 Å². The van der Waals surface area contributed by atoms with Gasteiger partial charge in [-0.25, -0.2) is 9.78 Å². The smallest absolute Gasteiger partial charge is 0.409 e. The summed E-state index contributed by atoms with van der Waals surface area (Å²) in [5.41, 5.74) is 0.427. The SMILES string of the molecule is Cc1nc(C(=O)NCCN2CCOC2=O)cs1. The number of hydrogen-bond acceptors (Lipinski definition) is 5. The molecule has 92 valence electrons. The van der Waals surface area contributed by atoms with Crippen molar-refractivity contribution in [2.45, 2.75) is 6.92 Å². The van der Waals surface area contributed by atoms with E-state index in [0.717, 1.165) is 5.01 Å². The average Bonchev–Trinajstić information content (AvgIpc) is 2.88. The second-order valence-corrected chi connectivity index (χ2v) is 4.67. The Labute approximate surface area is 103 Å². The number of cyclic esters (lactones) is 1. The molecule has 2 heterocycles. The van der Waals surface area contributed by atoms with Crippen molar-refractivity contribution in [3.05, 3.63) is 16.1 Å². The number of carbonyl (C=O) groups is 2. The van der Waals surface area contributed by atoms with E-state index in [1.54, 1.807) is 10.3 Å². The number of nitrogens with one attached hydrogen (secondary N) is 1. The Kier molecular flexibility index (Phi) is 3.58. The zero-order valence-corrected chi connectivity index (χ0v) is 10.2. The lowest BCUT2D eigenvalue weighted by atomic mass is 10.4. The van der Waals surface area contributed by atoms with Crippen LogP contribution >= 0.6 is 11.3 Å². The molecule has 0 radical (unpaired) electrons. The molecule has 7 heteroatoms. The maximum atomic E-state index is 11.6. The molecule has 0 spiro atoms. The largest absolute Gasteiger partial charge is 0.448 e. The van der Waals surface area contributed by atoms with Crippen LogP contribution in [0.4, 0.5) is 4.79 Å². The third kappa shape index (κ3) is 2.94. The summed E-state index contributed by atoms with van der Waals surface area (Å²) in [7, 11) is 0. The molecular formula is C10H13N3O3S. The van der Waals surface area contributed by atoms with Crippen LogP contribution in [-0.2, 0) is 4.74 Å². The summed E-state index contributed by atoms with van der Waals surface area (Å²) >= 11 is 1.44. The third-order valence-corrected chi connectivity index (χ3v) is 3.14. The van der Waals surface area contributed by atoms with Crippen molar-refractivity contribution in [1.29, 1.82) is 0 Å². The zero-order valence-electron chi connectivity index (χ0n) is 9.43. The standard InChI is InChI=1S/C10H13N3O3S/c1-7-12-8(6-17-7)9(14)11-2-3-13-4-5-16-10(13)15/h6H,2-5H2,1H3,(H,11,14). The lowest BCUT2D eigenvalue weighted by Gasteiger charge is -2.12. The van der Waals surface area contributed by atoms with Gasteiger partial charge in [-0.05, 0) is 6.92 Å². The molecule has 17 heavy (non-hydrogen) atoms. The number of hydrogen-bond donors (Lipinski definition) is 1. The highest BCUT2D eigenvalue weighted by Crippen LogP contribution is 2.07. The van der Waals surface area contributed by atoms with Crippen LogP contribution in [0.25, 0.3) is 0 Å². The first-order valence-corrected chi connectivity index (χ1v) is 6.17. The van der Waals surface area contributed by atoms with Crippen LogP contribution < -0.4 is 5.32 Å². The number of aromatic nitrogens is 1. The van der Waals surface area contributed by atoms with Crippen LogP contribution in [0, 0.1) is 6.92 Å². The summed E-state index contributed by atoms with van der Waals surface area (Å²) < 4.78 is 4.77. The van der Waals surface area contributed by atoms with Gasteiger partial charge < -0.3 is 15.0 Å². The van der Waals surface area contributed by atoms with Gasteiger partial charge in [-0.3, -0.25) is 4.79 Å². The van der Waals surface area contributed by atoms with Gasteiger partial charge >= 0.3 is 6.09 Å². The molecule has 0 bridgehead atoms. The number of ether oxygens (including phenoxy) is 1. The van der Waals surface area contributed by atoms with E-state index in [9.17, 15) is 9.59 Å². The van der Waals surface area contributed by atoms with Crippen molar-refractivity contribution < 1.29 is 14.3 Å². The van der Waals surface area contributed by atoms with E-state index in [1.807, 2.05) is 6.92 Å². The van der Waals surface area contributed by atoms with Gasteiger partial charge in [0, 0.05) is 18.5 Å². The minimum Gasteiger partial charge on any atom is -0.448 e. The molecule has 0 aliphatic carbocycles. The quantitative estimate of drug-likeness (QED) is 0.856. The summed E-state index contributed by atoms with van der Waals surface area (Å²) in [4.78, 5) is 28.4. The van der Waals surface area contributed by atoms with Gasteiger partial charge in [-0.2, -0.15) is 0 Å². The summed E-state index contributed by atoms with van der Waals surface area (Å²) in [5, 5.41) is 5.29. The molecule has 0 unspecified atom stereocenters. The third-order valence-electron chi connectivity index (χ3n) is 2.36. The highest BCUT2D eigenvalue weighted by molar-refractivity contribution is 7.09. The summed E-state index contributed by atoms with van der Waals surface area (Å²) in [6.07, 6.45) is -0.316. The second kappa shape index (κ2) is 5.13. The maximum Gasteiger partial charge on any atom is 0.409 e. The number of nitrogens with zero attached hydrogens (tertiary/aromatic N) is 2. The molecule has 1 fully saturated rings. The van der Waals surface area contributed by atoms with Crippen molar-refractivity contribution in [2.75, 3.05) is 26.2 Å². The van der Waals surface area contributed by atoms with E-state index in [-0.39, 0.29) is 12.0 Å². The molecule has 6 nitrogen and oxygen atoms in total. The molecule has 2 amide bonds. The van der Waals surface area contributed by atoms with E-state index in [4.69, 9.17) is 4.74 Å². The van der Waals surface area contributed by atoms with E-state index < -0.39 is 0 Å². The number of rotatable bonds is 4. The molecule has 0 saturated carbocycles. The molecule has 1 saturated heterocycles. The Bertz CT molecular complexity index is 432. The molecular weight excluding hydrogens is 242 g/mol. The maximum absolute atomic E-state index is 11.6. The Balaban J connectivity index is 1.75. The predicted octanol–water partition coefficient (Wildman–Crippen LogP) is 0.634. The fourth-order valence-electron chi connectivity index (χ4n) is 1.49. The molecule has 1 N–H and O–H groups in total. The molecule has 0 aromatic carbocycles. The first kappa shape index (κ1) is 11.8. The molecule has 1 aromatic heterocycles. The second-order valence-electron chi connectivity index (χ2n) is 3.61. The summed E-state index contributed by atoms with van der Waals surface area (Å²) in [6.45, 7) is 3.74. The summed E-state index contributed by atoms with van der Waals surface area (Å²) in [5.74, 6) is -0.207. The number of aryl methyl sites for hydroxylation is 1. The van der Waals surface area contributed by atoms with Crippen LogP contribution in [0.2, 0.25) is 0 Å². The Morgan fingerprint density at radius 3 is 3.12 bits per heavy atom. The van der Waals surface area contributed by atoms with Gasteiger partial charge in [-0.1, -0.05) is 0 Å². The lowest BCUT2D eigenvalue weighted by Crippen LogP contribution is -2.35. The van der Waals surface area contributed by atoms with Gasteiger partial charge in [0.2, 0.25) is 0 Å². The predicted molar refractivity (Wildman–Crippen MR) is 62.1 cm³/mol. The Morgan fingerprint density at radius 1 is 1.71 bits per heavy atom. The van der Waals surface area contributed by atoms with Crippen LogP contribution in [0.15, 0.2) is 5.38 Å². The number of amides is 2. The van der Waals surface area contributed by atoms with E-state index >= 15 is 0 Å². The monoisotopic (exact) mass is 255 g/mol. The fraction of sp³-hybridized carbons (Fsp3) is 0.500. The van der Waals surface area contributed by atoms with Crippen molar-refractivity contribution >= 4 is 23.3 Å². The summed E-state index contributed by atoms with van der Waals surface area (Å²) in [6, 6.07) is 0. The minimum atomic E-state index is -0.316. The molecule has 1 aromatic rings. The zero-order chi connectivity index (χ0) is 12.3. The first-order chi connectivity index (χ1) is 8.16. The fourth-order valence-corrected chi connectivity index (χ4v) is 2.08. The van der Waals surface area contributed by atoms with E-state index in [1.165, 1.54) is 11.3 Å². The van der Waals surface area contributed by atoms with Crippen molar-refractivity contribution in [2.24, 2.45) is 0 Å². The number of thiazole rings is 1. The van der Waals surface area contributed by atoms with Crippen LogP contribution in [-0.4, -0.2) is 48.1 Å². The number of carbonyl (C=O) groups excluding carboxylic acids is 2. The lowest BCUT2D eigenvalue weighted by molar-refractivity contribution is 0.0944. The van der Waals surface area contributed by atoms with Gasteiger partial charge in [0.25, 0.3) is 5.91 Å². The molecule has 1 aliphatic heterocycles. The highest BCUT2D eigenvalue weighted by Gasteiger charge is 2.21. The molecule has 0 atom stereocenters.